The van der Waals surface area contributed by atoms with Crippen LogP contribution in [0, 0.1) is 0 Å². The van der Waals surface area contributed by atoms with E-state index in [1.165, 1.54) is 141 Å². The molecule has 0 fully saturated rings. The van der Waals surface area contributed by atoms with Crippen LogP contribution in [0.1, 0.15) is 219 Å². The third kappa shape index (κ3) is 37.4. The number of carbonyl (C=O) groups excluding carboxylic acids is 3. The highest BCUT2D eigenvalue weighted by molar-refractivity contribution is 7.45. The topological polar surface area (TPSA) is 179 Å². The first-order valence-electron chi connectivity index (χ1n) is 22.1. The number of phosphoric ester groups is 1. The molecular weight excluding hydrogens is 709 g/mol. The Morgan fingerprint density at radius 3 is 1.17 bits per heavy atom. The quantitative estimate of drug-likeness (QED) is 0.0357. The predicted molar refractivity (Wildman–Crippen MR) is 211 cm³/mol. The highest BCUT2D eigenvalue weighted by atomic mass is 31.2. The van der Waals surface area contributed by atoms with Crippen molar-refractivity contribution < 1.29 is 53.2 Å². The number of phosphoric acid groups is 1. The molecule has 0 aromatic heterocycles. The van der Waals surface area contributed by atoms with Crippen molar-refractivity contribution in [1.29, 1.82) is 0 Å². The van der Waals surface area contributed by atoms with Gasteiger partial charge in [0.2, 0.25) is 0 Å². The first-order valence-corrected chi connectivity index (χ1v) is 23.6. The van der Waals surface area contributed by atoms with E-state index in [-0.39, 0.29) is 19.4 Å². The summed E-state index contributed by atoms with van der Waals surface area (Å²) in [7, 11) is -4.94. The van der Waals surface area contributed by atoms with Crippen LogP contribution in [-0.4, -0.2) is 49.9 Å². The van der Waals surface area contributed by atoms with Crippen molar-refractivity contribution in [2.24, 2.45) is 0 Å². The number of rotatable bonds is 42. The van der Waals surface area contributed by atoms with Crippen molar-refractivity contribution in [3.05, 3.63) is 0 Å². The van der Waals surface area contributed by atoms with Gasteiger partial charge in [0, 0.05) is 12.8 Å². The van der Waals surface area contributed by atoms with Crippen LogP contribution in [0.5, 0.6) is 0 Å². The van der Waals surface area contributed by atoms with E-state index >= 15 is 0 Å². The second kappa shape index (κ2) is 38.4. The molecule has 0 heterocycles. The number of quaternary nitrogens is 1. The van der Waals surface area contributed by atoms with Crippen LogP contribution < -0.4 is 15.7 Å². The molecule has 3 N–H and O–H groups in total. The smallest absolute Gasteiger partial charge is 0.306 e. The Morgan fingerprint density at radius 2 is 0.815 bits per heavy atom. The average Bonchev–Trinajstić information content (AvgIpc) is 3.14. The maximum Gasteiger partial charge on any atom is 0.306 e. The van der Waals surface area contributed by atoms with Gasteiger partial charge < -0.3 is 39.0 Å². The maximum absolute atomic E-state index is 12.6. The molecule has 0 aliphatic heterocycles. The molecule has 0 saturated carbocycles. The van der Waals surface area contributed by atoms with E-state index in [0.717, 1.165) is 38.5 Å². The molecule has 0 aliphatic rings. The van der Waals surface area contributed by atoms with Crippen molar-refractivity contribution in [2.45, 2.75) is 231 Å². The summed E-state index contributed by atoms with van der Waals surface area (Å²) < 4.78 is 32.4. The molecule has 320 valence electrons. The lowest BCUT2D eigenvalue weighted by Gasteiger charge is -2.26. The number of unbranched alkanes of at least 4 members (excludes halogenated alkanes) is 28. The summed E-state index contributed by atoms with van der Waals surface area (Å²) in [5, 5.41) is 10.8. The molecule has 0 spiro atoms. The molecule has 0 bridgehead atoms. The van der Waals surface area contributed by atoms with Gasteiger partial charge in [-0.15, -0.1) is 0 Å². The van der Waals surface area contributed by atoms with Gasteiger partial charge in [0.15, 0.2) is 6.10 Å². The average molecular weight is 791 g/mol. The number of esters is 2. The number of aliphatic carboxylic acids is 1. The Bertz CT molecular complexity index is 937. The van der Waals surface area contributed by atoms with Crippen molar-refractivity contribution in [1.82, 2.24) is 0 Å². The van der Waals surface area contributed by atoms with Gasteiger partial charge in [-0.3, -0.25) is 14.2 Å². The molecule has 11 nitrogen and oxygen atoms in total. The minimum absolute atomic E-state index is 0.155. The van der Waals surface area contributed by atoms with Gasteiger partial charge in [0.05, 0.1) is 6.61 Å². The zero-order valence-corrected chi connectivity index (χ0v) is 35.5. The zero-order valence-electron chi connectivity index (χ0n) is 34.6. The van der Waals surface area contributed by atoms with Crippen molar-refractivity contribution in [3.63, 3.8) is 0 Å². The highest BCUT2D eigenvalue weighted by Crippen LogP contribution is 2.38. The maximum atomic E-state index is 12.6. The Hall–Kier alpha value is -1.52. The van der Waals surface area contributed by atoms with Crippen LogP contribution in [-0.2, 0) is 37.5 Å². The highest BCUT2D eigenvalue weighted by Gasteiger charge is 2.22. The van der Waals surface area contributed by atoms with Crippen LogP contribution in [0.2, 0.25) is 0 Å². The SMILES string of the molecule is CCCCCCCCCCCCCCCCCC(=O)OC[C@H](COP(=O)([O-])OC[C@@H]([NH3+])C(=O)[O-])OC(=O)CCCCCCCCCCCCCCCCC. The molecule has 0 saturated heterocycles. The Balaban J connectivity index is 4.31. The van der Waals surface area contributed by atoms with Gasteiger partial charge in [0.1, 0.15) is 25.2 Å². The number of ether oxygens (including phenoxy) is 2. The minimum Gasteiger partial charge on any atom is -0.756 e. The lowest BCUT2D eigenvalue weighted by atomic mass is 10.0. The second-order valence-corrected chi connectivity index (χ2v) is 16.7. The molecule has 0 radical (unpaired) electrons. The Morgan fingerprint density at radius 1 is 0.500 bits per heavy atom. The van der Waals surface area contributed by atoms with Gasteiger partial charge in [-0.1, -0.05) is 194 Å². The fourth-order valence-corrected chi connectivity index (χ4v) is 7.15. The summed E-state index contributed by atoms with van der Waals surface area (Å²) in [6.45, 7) is 2.73. The molecule has 0 aliphatic carbocycles. The Labute approximate surface area is 329 Å². The van der Waals surface area contributed by atoms with Crippen LogP contribution in [0.4, 0.5) is 0 Å². The van der Waals surface area contributed by atoms with Crippen molar-refractivity contribution >= 4 is 25.7 Å². The molecule has 0 aromatic rings. The fourth-order valence-electron chi connectivity index (χ4n) is 6.36. The van der Waals surface area contributed by atoms with E-state index < -0.39 is 51.1 Å². The summed E-state index contributed by atoms with van der Waals surface area (Å²) in [5.74, 6) is -2.56. The lowest BCUT2D eigenvalue weighted by Crippen LogP contribution is -2.70. The molecule has 54 heavy (non-hydrogen) atoms. The molecule has 0 aromatic carbocycles. The largest absolute Gasteiger partial charge is 0.756 e. The number of carboxylic acids is 1. The van der Waals surface area contributed by atoms with Gasteiger partial charge in [-0.25, -0.2) is 0 Å². The first kappa shape index (κ1) is 52.5. The van der Waals surface area contributed by atoms with Crippen LogP contribution in [0.3, 0.4) is 0 Å². The molecular formula is C42H81NO10P-. The van der Waals surface area contributed by atoms with Gasteiger partial charge >= 0.3 is 11.9 Å². The molecule has 0 rings (SSSR count). The monoisotopic (exact) mass is 791 g/mol. The van der Waals surface area contributed by atoms with E-state index in [1.54, 1.807) is 0 Å². The summed E-state index contributed by atoms with van der Waals surface area (Å²) >= 11 is 0. The standard InChI is InChI=1S/C42H82NO10P/c1-3-5-7-9-11-13-15-17-19-21-23-25-27-29-31-33-40(44)50-35-38(36-51-54(48,49)52-37-39(43)42(46)47)53-41(45)34-32-30-28-26-24-22-20-18-16-14-12-10-8-6-4-2/h38-39H,3-37,43H2,1-2H3,(H,46,47)(H,48,49)/p-1/t38-,39-/m1/s1. The molecule has 1 unspecified atom stereocenters. The summed E-state index contributed by atoms with van der Waals surface area (Å²) in [6, 6.07) is -1.42. The van der Waals surface area contributed by atoms with E-state index in [1.807, 2.05) is 0 Å². The first-order chi connectivity index (χ1) is 26.1. The number of hydrogen-bond acceptors (Lipinski definition) is 10. The molecule has 12 heteroatoms. The second-order valence-electron chi connectivity index (χ2n) is 15.2. The summed E-state index contributed by atoms with van der Waals surface area (Å²) in [4.78, 5) is 48.0. The van der Waals surface area contributed by atoms with E-state index in [9.17, 15) is 28.9 Å². The normalized spacial score (nSPS) is 13.7. The predicted octanol–water partition coefficient (Wildman–Crippen LogP) is 8.83. The zero-order chi connectivity index (χ0) is 40.0. The van der Waals surface area contributed by atoms with Crippen molar-refractivity contribution in [2.75, 3.05) is 19.8 Å². The number of carboxylic acid groups (broad SMARTS) is 1. The van der Waals surface area contributed by atoms with Gasteiger partial charge in [-0.2, -0.15) is 0 Å². The van der Waals surface area contributed by atoms with E-state index in [2.05, 4.69) is 24.1 Å². The summed E-state index contributed by atoms with van der Waals surface area (Å²) in [6.07, 6.45) is 35.7. The van der Waals surface area contributed by atoms with E-state index in [0.29, 0.717) is 12.8 Å². The molecule has 0 amide bonds. The number of carbonyl (C=O) groups is 3. The number of hydrogen-bond donors (Lipinski definition) is 1. The minimum atomic E-state index is -4.94. The fraction of sp³-hybridized carbons (Fsp3) is 0.929. The van der Waals surface area contributed by atoms with Crippen LogP contribution in [0.25, 0.3) is 0 Å². The van der Waals surface area contributed by atoms with Crippen molar-refractivity contribution in [3.8, 4) is 0 Å². The molecule has 3 atom stereocenters. The lowest BCUT2D eigenvalue weighted by molar-refractivity contribution is -0.441. The third-order valence-corrected chi connectivity index (χ3v) is 10.8. The van der Waals surface area contributed by atoms with E-state index in [4.69, 9.17) is 14.0 Å². The van der Waals surface area contributed by atoms with Gasteiger partial charge in [-0.05, 0) is 12.8 Å². The third-order valence-electron chi connectivity index (χ3n) is 9.88. The van der Waals surface area contributed by atoms with Crippen LogP contribution >= 0.6 is 7.82 Å². The Kier molecular flexibility index (Phi) is 37.3. The summed E-state index contributed by atoms with van der Waals surface area (Å²) in [5.41, 5.74) is 3.24. The van der Waals surface area contributed by atoms with Gasteiger partial charge in [0.25, 0.3) is 7.82 Å². The van der Waals surface area contributed by atoms with Crippen LogP contribution in [0.15, 0.2) is 0 Å².